The molecule has 3 aromatic rings. The zero-order valence-electron chi connectivity index (χ0n) is 17.9. The lowest BCUT2D eigenvalue weighted by Crippen LogP contribution is -2.43. The molecule has 172 valence electrons. The van der Waals surface area contributed by atoms with Crippen molar-refractivity contribution in [3.05, 3.63) is 89.2 Å². The van der Waals surface area contributed by atoms with Crippen LogP contribution in [0.5, 0.6) is 5.75 Å². The van der Waals surface area contributed by atoms with Crippen LogP contribution in [0.2, 0.25) is 0 Å². The van der Waals surface area contributed by atoms with E-state index in [9.17, 15) is 22.4 Å². The minimum absolute atomic E-state index is 0.00716. The number of ether oxygens (including phenoxy) is 1. The number of sulfonamides is 1. The van der Waals surface area contributed by atoms with Crippen LogP contribution in [0.3, 0.4) is 0 Å². The van der Waals surface area contributed by atoms with E-state index in [-0.39, 0.29) is 22.8 Å². The Morgan fingerprint density at radius 2 is 1.67 bits per heavy atom. The predicted molar refractivity (Wildman–Crippen MR) is 121 cm³/mol. The average Bonchev–Trinajstić information content (AvgIpc) is 2.79. The van der Waals surface area contributed by atoms with E-state index < -0.39 is 27.7 Å². The maximum atomic E-state index is 13.0. The van der Waals surface area contributed by atoms with E-state index >= 15 is 0 Å². The molecule has 3 N–H and O–H groups in total. The molecule has 33 heavy (non-hydrogen) atoms. The van der Waals surface area contributed by atoms with Gasteiger partial charge in [-0.2, -0.15) is 0 Å². The first kappa shape index (κ1) is 23.7. The summed E-state index contributed by atoms with van der Waals surface area (Å²) in [5.41, 5.74) is 6.47. The van der Waals surface area contributed by atoms with Gasteiger partial charge < -0.3 is 4.74 Å². The maximum absolute atomic E-state index is 13.0. The van der Waals surface area contributed by atoms with Gasteiger partial charge in [0.15, 0.2) is 6.61 Å². The van der Waals surface area contributed by atoms with Gasteiger partial charge in [-0.05, 0) is 73.5 Å². The molecule has 0 aliphatic carbocycles. The van der Waals surface area contributed by atoms with Crippen molar-refractivity contribution >= 4 is 27.5 Å². The van der Waals surface area contributed by atoms with Crippen LogP contribution in [0.1, 0.15) is 21.5 Å². The van der Waals surface area contributed by atoms with Gasteiger partial charge in [-0.3, -0.25) is 25.2 Å². The summed E-state index contributed by atoms with van der Waals surface area (Å²) in [6.45, 7) is 3.43. The third-order valence-electron chi connectivity index (χ3n) is 4.52. The van der Waals surface area contributed by atoms with Gasteiger partial charge in [-0.25, -0.2) is 12.8 Å². The van der Waals surface area contributed by atoms with Crippen molar-refractivity contribution in [3.63, 3.8) is 0 Å². The van der Waals surface area contributed by atoms with Crippen molar-refractivity contribution in [1.29, 1.82) is 0 Å². The summed E-state index contributed by atoms with van der Waals surface area (Å²) >= 11 is 0. The Morgan fingerprint density at radius 3 is 2.39 bits per heavy atom. The number of aryl methyl sites for hydroxylation is 2. The van der Waals surface area contributed by atoms with Crippen LogP contribution in [0.4, 0.5) is 10.1 Å². The Bertz CT molecular complexity index is 1280. The van der Waals surface area contributed by atoms with Crippen LogP contribution >= 0.6 is 0 Å². The number of halogens is 1. The van der Waals surface area contributed by atoms with Gasteiger partial charge in [0, 0.05) is 11.3 Å². The largest absolute Gasteiger partial charge is 0.483 e. The molecule has 0 spiro atoms. The second-order valence-corrected chi connectivity index (χ2v) is 8.88. The van der Waals surface area contributed by atoms with Crippen molar-refractivity contribution in [2.24, 2.45) is 0 Å². The lowest BCUT2D eigenvalue weighted by atomic mass is 10.1. The van der Waals surface area contributed by atoms with E-state index in [1.807, 2.05) is 26.0 Å². The van der Waals surface area contributed by atoms with Crippen LogP contribution < -0.4 is 20.3 Å². The van der Waals surface area contributed by atoms with Gasteiger partial charge >= 0.3 is 0 Å². The highest BCUT2D eigenvalue weighted by Crippen LogP contribution is 2.19. The predicted octanol–water partition coefficient (Wildman–Crippen LogP) is 3.08. The number of hydrogen-bond donors (Lipinski definition) is 3. The molecule has 3 aromatic carbocycles. The van der Waals surface area contributed by atoms with Gasteiger partial charge in [-0.1, -0.05) is 18.2 Å². The van der Waals surface area contributed by atoms with Gasteiger partial charge in [0.25, 0.3) is 21.8 Å². The van der Waals surface area contributed by atoms with E-state index in [0.717, 1.165) is 29.3 Å². The van der Waals surface area contributed by atoms with Crippen molar-refractivity contribution in [1.82, 2.24) is 10.9 Å². The third-order valence-corrected chi connectivity index (χ3v) is 5.90. The number of nitrogens with one attached hydrogen (secondary N) is 3. The minimum Gasteiger partial charge on any atom is -0.483 e. The lowest BCUT2D eigenvalue weighted by molar-refractivity contribution is -0.123. The first-order chi connectivity index (χ1) is 15.6. The van der Waals surface area contributed by atoms with Crippen LogP contribution in [-0.4, -0.2) is 26.8 Å². The van der Waals surface area contributed by atoms with Crippen LogP contribution in [0.25, 0.3) is 0 Å². The van der Waals surface area contributed by atoms with Gasteiger partial charge in [-0.15, -0.1) is 0 Å². The van der Waals surface area contributed by atoms with E-state index in [0.29, 0.717) is 5.75 Å². The van der Waals surface area contributed by atoms with Crippen LogP contribution in [0.15, 0.2) is 71.6 Å². The van der Waals surface area contributed by atoms with Crippen molar-refractivity contribution < 1.29 is 27.1 Å². The fraction of sp³-hybridized carbons (Fsp3) is 0.130. The van der Waals surface area contributed by atoms with E-state index in [4.69, 9.17) is 4.74 Å². The second kappa shape index (κ2) is 10.1. The molecule has 0 heterocycles. The van der Waals surface area contributed by atoms with Crippen molar-refractivity contribution in [2.45, 2.75) is 18.7 Å². The molecule has 0 bridgehead atoms. The fourth-order valence-electron chi connectivity index (χ4n) is 2.78. The van der Waals surface area contributed by atoms with E-state index in [2.05, 4.69) is 15.6 Å². The molecule has 0 saturated carbocycles. The van der Waals surface area contributed by atoms with Crippen LogP contribution in [0, 0.1) is 19.7 Å². The number of carbonyl (C=O) groups is 2. The van der Waals surface area contributed by atoms with Crippen LogP contribution in [-0.2, 0) is 14.8 Å². The van der Waals surface area contributed by atoms with Crippen molar-refractivity contribution in [3.8, 4) is 5.75 Å². The molecule has 0 aliphatic heterocycles. The Labute approximate surface area is 190 Å². The number of benzene rings is 3. The number of hydrogen-bond acceptors (Lipinski definition) is 5. The molecule has 0 radical (unpaired) electrons. The molecule has 0 saturated heterocycles. The van der Waals surface area contributed by atoms with Gasteiger partial charge in [0.05, 0.1) is 4.90 Å². The second-order valence-electron chi connectivity index (χ2n) is 7.20. The molecular weight excluding hydrogens is 449 g/mol. The summed E-state index contributed by atoms with van der Waals surface area (Å²) in [4.78, 5) is 24.2. The SMILES string of the molecule is Cc1ccc(C)c(OCC(=O)NNC(=O)c2cccc(S(=O)(=O)Nc3ccc(F)cc3)c2)c1. The highest BCUT2D eigenvalue weighted by atomic mass is 32.2. The molecule has 0 aliphatic rings. The minimum atomic E-state index is -4.02. The standard InChI is InChI=1S/C23H22FN3O5S/c1-15-6-7-16(2)21(12-15)32-14-22(28)25-26-23(29)17-4-3-5-20(13-17)33(30,31)27-19-10-8-18(24)9-11-19/h3-13,27H,14H2,1-2H3,(H,25,28)(H,26,29). The summed E-state index contributed by atoms with van der Waals surface area (Å²) in [6.07, 6.45) is 0. The lowest BCUT2D eigenvalue weighted by Gasteiger charge is -2.12. The molecule has 8 nitrogen and oxygen atoms in total. The third kappa shape index (κ3) is 6.53. The zero-order chi connectivity index (χ0) is 24.0. The quantitative estimate of drug-likeness (QED) is 0.459. The normalized spacial score (nSPS) is 10.9. The number of amides is 2. The summed E-state index contributed by atoms with van der Waals surface area (Å²) in [6, 6.07) is 15.6. The molecule has 0 aromatic heterocycles. The molecule has 0 fully saturated rings. The molecule has 0 unspecified atom stereocenters. The topological polar surface area (TPSA) is 114 Å². The zero-order valence-corrected chi connectivity index (χ0v) is 18.7. The monoisotopic (exact) mass is 471 g/mol. The highest BCUT2D eigenvalue weighted by molar-refractivity contribution is 7.92. The summed E-state index contributed by atoms with van der Waals surface area (Å²) in [5.74, 6) is -1.25. The fourth-order valence-corrected chi connectivity index (χ4v) is 3.88. The summed E-state index contributed by atoms with van der Waals surface area (Å²) in [7, 11) is -4.02. The molecule has 10 heteroatoms. The molecule has 0 atom stereocenters. The van der Waals surface area contributed by atoms with E-state index in [1.165, 1.54) is 30.3 Å². The van der Waals surface area contributed by atoms with Gasteiger partial charge in [0.1, 0.15) is 11.6 Å². The number of rotatable bonds is 7. The maximum Gasteiger partial charge on any atom is 0.276 e. The van der Waals surface area contributed by atoms with Crippen molar-refractivity contribution in [2.75, 3.05) is 11.3 Å². The highest BCUT2D eigenvalue weighted by Gasteiger charge is 2.17. The Kier molecular flexibility index (Phi) is 7.29. The Morgan fingerprint density at radius 1 is 0.939 bits per heavy atom. The van der Waals surface area contributed by atoms with E-state index in [1.54, 1.807) is 6.07 Å². The number of hydrazine groups is 1. The molecular formula is C23H22FN3O5S. The number of anilines is 1. The van der Waals surface area contributed by atoms with Gasteiger partial charge in [0.2, 0.25) is 0 Å². The first-order valence-electron chi connectivity index (χ1n) is 9.82. The molecule has 2 amide bonds. The summed E-state index contributed by atoms with van der Waals surface area (Å²) in [5, 5.41) is 0. The average molecular weight is 472 g/mol. The smallest absolute Gasteiger partial charge is 0.276 e. The summed E-state index contributed by atoms with van der Waals surface area (Å²) < 4.78 is 46.0. The molecule has 3 rings (SSSR count). The first-order valence-corrected chi connectivity index (χ1v) is 11.3. The number of carbonyl (C=O) groups excluding carboxylic acids is 2. The Hall–Kier alpha value is -3.92. The Balaban J connectivity index is 1.59.